The number of allylic oxidation sites excluding steroid dienone is 1. The van der Waals surface area contributed by atoms with Crippen molar-refractivity contribution < 1.29 is 18.3 Å². The molecular weight excluding hydrogens is 334 g/mol. The predicted octanol–water partition coefficient (Wildman–Crippen LogP) is 3.99. The van der Waals surface area contributed by atoms with Crippen molar-refractivity contribution in [1.29, 1.82) is 0 Å². The zero-order valence-corrected chi connectivity index (χ0v) is 11.9. The SMILES string of the molecule is C=C(C)c1cc(Br)nn1-c1ccc2c(c1)OC(F)(F)O2. The summed E-state index contributed by atoms with van der Waals surface area (Å²) in [5.74, 6) is -0.0198. The van der Waals surface area contributed by atoms with Crippen LogP contribution in [0.1, 0.15) is 12.6 Å². The van der Waals surface area contributed by atoms with Crippen LogP contribution in [-0.2, 0) is 0 Å². The van der Waals surface area contributed by atoms with E-state index in [1.54, 1.807) is 16.8 Å². The van der Waals surface area contributed by atoms with Gasteiger partial charge in [-0.05, 0) is 46.6 Å². The summed E-state index contributed by atoms with van der Waals surface area (Å²) in [6.45, 7) is 5.70. The first kappa shape index (κ1) is 13.1. The zero-order chi connectivity index (χ0) is 14.5. The number of benzene rings is 1. The summed E-state index contributed by atoms with van der Waals surface area (Å²) >= 11 is 3.28. The smallest absolute Gasteiger partial charge is 0.395 e. The predicted molar refractivity (Wildman–Crippen MR) is 72.2 cm³/mol. The van der Waals surface area contributed by atoms with Gasteiger partial charge in [0.15, 0.2) is 11.5 Å². The van der Waals surface area contributed by atoms with Crippen LogP contribution in [0, 0.1) is 0 Å². The molecule has 0 spiro atoms. The van der Waals surface area contributed by atoms with Crippen molar-refractivity contribution in [2.45, 2.75) is 13.2 Å². The summed E-state index contributed by atoms with van der Waals surface area (Å²) < 4.78 is 37.0. The van der Waals surface area contributed by atoms with Gasteiger partial charge in [0.1, 0.15) is 4.60 Å². The second-order valence-electron chi connectivity index (χ2n) is 4.34. The summed E-state index contributed by atoms with van der Waals surface area (Å²) in [5, 5.41) is 4.25. The topological polar surface area (TPSA) is 36.3 Å². The molecule has 3 rings (SSSR count). The number of alkyl halides is 2. The Bertz CT molecular complexity index is 712. The van der Waals surface area contributed by atoms with E-state index in [1.165, 1.54) is 12.1 Å². The van der Waals surface area contributed by atoms with Crippen LogP contribution in [0.5, 0.6) is 11.5 Å². The van der Waals surface area contributed by atoms with E-state index < -0.39 is 6.29 Å². The minimum atomic E-state index is -3.62. The standard InChI is InChI=1S/C13H9BrF2N2O2/c1-7(2)9-6-12(14)17-18(9)8-3-4-10-11(5-8)20-13(15,16)19-10/h3-6H,1H2,2H3. The molecule has 0 saturated carbocycles. The largest absolute Gasteiger partial charge is 0.586 e. The quantitative estimate of drug-likeness (QED) is 0.827. The Morgan fingerprint density at radius 2 is 2.00 bits per heavy atom. The number of nitrogens with zero attached hydrogens (tertiary/aromatic N) is 2. The maximum atomic E-state index is 13.0. The maximum absolute atomic E-state index is 13.0. The molecule has 0 atom stereocenters. The summed E-state index contributed by atoms with van der Waals surface area (Å²) in [6, 6.07) is 6.28. The lowest BCUT2D eigenvalue weighted by Crippen LogP contribution is -2.25. The molecule has 1 aromatic carbocycles. The summed E-state index contributed by atoms with van der Waals surface area (Å²) in [6.07, 6.45) is -3.62. The normalized spacial score (nSPS) is 15.4. The van der Waals surface area contributed by atoms with E-state index >= 15 is 0 Å². The van der Waals surface area contributed by atoms with Crippen molar-refractivity contribution in [3.05, 3.63) is 41.1 Å². The fourth-order valence-corrected chi connectivity index (χ4v) is 2.30. The molecule has 2 aromatic rings. The highest BCUT2D eigenvalue weighted by molar-refractivity contribution is 9.10. The van der Waals surface area contributed by atoms with E-state index in [-0.39, 0.29) is 11.5 Å². The molecule has 1 aliphatic rings. The fraction of sp³-hybridized carbons (Fsp3) is 0.154. The summed E-state index contributed by atoms with van der Waals surface area (Å²) in [5.41, 5.74) is 2.14. The van der Waals surface area contributed by atoms with Gasteiger partial charge in [-0.1, -0.05) is 6.58 Å². The van der Waals surface area contributed by atoms with Crippen molar-refractivity contribution in [3.8, 4) is 17.2 Å². The number of hydrogen-bond donors (Lipinski definition) is 0. The number of rotatable bonds is 2. The molecule has 104 valence electrons. The highest BCUT2D eigenvalue weighted by atomic mass is 79.9. The second kappa shape index (κ2) is 4.31. The van der Waals surface area contributed by atoms with Crippen LogP contribution in [0.25, 0.3) is 11.3 Å². The van der Waals surface area contributed by atoms with Crippen LogP contribution in [0.4, 0.5) is 8.78 Å². The van der Waals surface area contributed by atoms with Crippen LogP contribution in [0.2, 0.25) is 0 Å². The number of aromatic nitrogens is 2. The average Bonchev–Trinajstić information content (AvgIpc) is 2.86. The van der Waals surface area contributed by atoms with Gasteiger partial charge in [0.2, 0.25) is 0 Å². The van der Waals surface area contributed by atoms with E-state index in [2.05, 4.69) is 37.1 Å². The van der Waals surface area contributed by atoms with Crippen LogP contribution in [0.3, 0.4) is 0 Å². The molecule has 0 fully saturated rings. The summed E-state index contributed by atoms with van der Waals surface area (Å²) in [7, 11) is 0. The van der Waals surface area contributed by atoms with Gasteiger partial charge in [-0.2, -0.15) is 5.10 Å². The maximum Gasteiger partial charge on any atom is 0.586 e. The molecule has 4 nitrogen and oxygen atoms in total. The third-order valence-electron chi connectivity index (χ3n) is 2.75. The lowest BCUT2D eigenvalue weighted by Gasteiger charge is -2.07. The first-order valence-electron chi connectivity index (χ1n) is 5.67. The molecule has 20 heavy (non-hydrogen) atoms. The highest BCUT2D eigenvalue weighted by Gasteiger charge is 2.43. The lowest BCUT2D eigenvalue weighted by atomic mass is 10.2. The Balaban J connectivity index is 2.08. The average molecular weight is 343 g/mol. The van der Waals surface area contributed by atoms with Gasteiger partial charge in [-0.25, -0.2) is 4.68 Å². The molecule has 2 heterocycles. The molecule has 0 N–H and O–H groups in total. The molecule has 1 aliphatic heterocycles. The summed E-state index contributed by atoms with van der Waals surface area (Å²) in [4.78, 5) is 0. The van der Waals surface area contributed by atoms with Gasteiger partial charge in [0.25, 0.3) is 0 Å². The molecule has 0 radical (unpaired) electrons. The van der Waals surface area contributed by atoms with Gasteiger partial charge >= 0.3 is 6.29 Å². The van der Waals surface area contributed by atoms with Gasteiger partial charge in [-0.3, -0.25) is 0 Å². The number of ether oxygens (including phenoxy) is 2. The van der Waals surface area contributed by atoms with Crippen LogP contribution < -0.4 is 9.47 Å². The first-order valence-corrected chi connectivity index (χ1v) is 6.47. The fourth-order valence-electron chi connectivity index (χ4n) is 1.92. The highest BCUT2D eigenvalue weighted by Crippen LogP contribution is 2.42. The number of fused-ring (bicyclic) bond motifs is 1. The van der Waals surface area contributed by atoms with Crippen molar-refractivity contribution >= 4 is 21.5 Å². The Labute approximate surface area is 121 Å². The van der Waals surface area contributed by atoms with Crippen LogP contribution in [0.15, 0.2) is 35.4 Å². The Morgan fingerprint density at radius 3 is 2.70 bits per heavy atom. The van der Waals surface area contributed by atoms with Crippen LogP contribution in [-0.4, -0.2) is 16.1 Å². The van der Waals surface area contributed by atoms with Crippen LogP contribution >= 0.6 is 15.9 Å². The third-order valence-corrected chi connectivity index (χ3v) is 3.13. The van der Waals surface area contributed by atoms with Gasteiger partial charge in [-0.15, -0.1) is 8.78 Å². The minimum Gasteiger partial charge on any atom is -0.395 e. The van der Waals surface area contributed by atoms with E-state index in [4.69, 9.17) is 0 Å². The molecular formula is C13H9BrF2N2O2. The molecule has 0 aliphatic carbocycles. The van der Waals surface area contributed by atoms with Gasteiger partial charge in [0.05, 0.1) is 11.4 Å². The molecule has 7 heteroatoms. The van der Waals surface area contributed by atoms with Gasteiger partial charge < -0.3 is 9.47 Å². The van der Waals surface area contributed by atoms with E-state index in [9.17, 15) is 8.78 Å². The monoisotopic (exact) mass is 342 g/mol. The van der Waals surface area contributed by atoms with Crippen molar-refractivity contribution in [2.75, 3.05) is 0 Å². The third kappa shape index (κ3) is 2.18. The molecule has 0 saturated heterocycles. The first-order chi connectivity index (χ1) is 9.35. The molecule has 0 amide bonds. The van der Waals surface area contributed by atoms with Crippen molar-refractivity contribution in [3.63, 3.8) is 0 Å². The number of halogens is 3. The Kier molecular flexibility index (Phi) is 2.82. The zero-order valence-electron chi connectivity index (χ0n) is 10.4. The van der Waals surface area contributed by atoms with E-state index in [0.717, 1.165) is 11.3 Å². The van der Waals surface area contributed by atoms with Crippen molar-refractivity contribution in [1.82, 2.24) is 9.78 Å². The molecule has 0 unspecified atom stereocenters. The van der Waals surface area contributed by atoms with E-state index in [0.29, 0.717) is 10.3 Å². The second-order valence-corrected chi connectivity index (χ2v) is 5.16. The lowest BCUT2D eigenvalue weighted by molar-refractivity contribution is -0.286. The Morgan fingerprint density at radius 1 is 1.30 bits per heavy atom. The molecule has 0 bridgehead atoms. The number of hydrogen-bond acceptors (Lipinski definition) is 3. The molecule has 1 aromatic heterocycles. The minimum absolute atomic E-state index is 0.00171. The van der Waals surface area contributed by atoms with E-state index in [1.807, 2.05) is 6.92 Å². The Hall–Kier alpha value is -1.89. The van der Waals surface area contributed by atoms with Gasteiger partial charge in [0, 0.05) is 6.07 Å². The van der Waals surface area contributed by atoms with Crippen molar-refractivity contribution in [2.24, 2.45) is 0 Å².